The molecule has 1 saturated carbocycles. The summed E-state index contributed by atoms with van der Waals surface area (Å²) in [4.78, 5) is 0. The van der Waals surface area contributed by atoms with E-state index in [1.165, 1.54) is 0 Å². The predicted octanol–water partition coefficient (Wildman–Crippen LogP) is 1.52. The van der Waals surface area contributed by atoms with Crippen molar-refractivity contribution in [3.8, 4) is 0 Å². The van der Waals surface area contributed by atoms with Crippen molar-refractivity contribution < 1.29 is 8.78 Å². The lowest BCUT2D eigenvalue weighted by molar-refractivity contribution is -0.0221. The molecule has 1 unspecified atom stereocenters. The standard InChI is InChI=1S/C10H18F2N2/c11-10(12)5-1-2-9(10)14-8-3-6-13-7-4-8/h8-9,13-14H,1-7H2. The fraction of sp³-hybridized carbons (Fsp3) is 1.00. The number of nitrogens with one attached hydrogen (secondary N) is 2. The molecule has 2 rings (SSSR count). The second kappa shape index (κ2) is 4.11. The smallest absolute Gasteiger partial charge is 0.263 e. The van der Waals surface area contributed by atoms with Crippen LogP contribution in [0.4, 0.5) is 8.78 Å². The van der Waals surface area contributed by atoms with E-state index in [0.29, 0.717) is 18.9 Å². The minimum Gasteiger partial charge on any atom is -0.317 e. The molecule has 82 valence electrons. The fourth-order valence-corrected chi connectivity index (χ4v) is 2.41. The third-order valence-electron chi connectivity index (χ3n) is 3.29. The van der Waals surface area contributed by atoms with Crippen molar-refractivity contribution in [1.29, 1.82) is 0 Å². The minimum absolute atomic E-state index is 0.0651. The summed E-state index contributed by atoms with van der Waals surface area (Å²) in [5.74, 6) is -2.47. The van der Waals surface area contributed by atoms with Crippen molar-refractivity contribution in [2.45, 2.75) is 50.1 Å². The van der Waals surface area contributed by atoms with E-state index < -0.39 is 12.0 Å². The van der Waals surface area contributed by atoms with Crippen LogP contribution in [-0.4, -0.2) is 31.1 Å². The van der Waals surface area contributed by atoms with Crippen LogP contribution in [-0.2, 0) is 0 Å². The first-order valence-corrected chi connectivity index (χ1v) is 5.53. The molecule has 0 bridgehead atoms. The molecule has 4 heteroatoms. The van der Waals surface area contributed by atoms with Crippen LogP contribution in [0.1, 0.15) is 32.1 Å². The Kier molecular flexibility index (Phi) is 3.02. The monoisotopic (exact) mass is 204 g/mol. The van der Waals surface area contributed by atoms with Gasteiger partial charge in [0.25, 0.3) is 5.92 Å². The van der Waals surface area contributed by atoms with Crippen LogP contribution in [0.3, 0.4) is 0 Å². The molecule has 2 fully saturated rings. The maximum atomic E-state index is 13.3. The molecular weight excluding hydrogens is 186 g/mol. The molecule has 1 atom stereocenters. The van der Waals surface area contributed by atoms with Crippen molar-refractivity contribution in [1.82, 2.24) is 10.6 Å². The Balaban J connectivity index is 1.83. The molecule has 0 amide bonds. The van der Waals surface area contributed by atoms with Crippen LogP contribution in [0.5, 0.6) is 0 Å². The van der Waals surface area contributed by atoms with E-state index in [2.05, 4.69) is 10.6 Å². The van der Waals surface area contributed by atoms with E-state index in [4.69, 9.17) is 0 Å². The molecule has 14 heavy (non-hydrogen) atoms. The summed E-state index contributed by atoms with van der Waals surface area (Å²) in [5.41, 5.74) is 0. The average molecular weight is 204 g/mol. The molecule has 1 aliphatic heterocycles. The lowest BCUT2D eigenvalue weighted by Crippen LogP contribution is -2.49. The molecule has 2 aliphatic rings. The van der Waals surface area contributed by atoms with Gasteiger partial charge in [-0.15, -0.1) is 0 Å². The minimum atomic E-state index is -2.47. The van der Waals surface area contributed by atoms with Crippen LogP contribution < -0.4 is 10.6 Å². The Morgan fingerprint density at radius 3 is 2.43 bits per heavy atom. The highest BCUT2D eigenvalue weighted by Crippen LogP contribution is 2.35. The first kappa shape index (κ1) is 10.3. The number of rotatable bonds is 2. The highest BCUT2D eigenvalue weighted by molar-refractivity contribution is 4.92. The summed E-state index contributed by atoms with van der Waals surface area (Å²) in [7, 11) is 0. The Bertz CT molecular complexity index is 191. The van der Waals surface area contributed by atoms with Gasteiger partial charge in [0.05, 0.1) is 6.04 Å². The average Bonchev–Trinajstić information content (AvgIpc) is 2.48. The maximum Gasteiger partial charge on any atom is 0.263 e. The van der Waals surface area contributed by atoms with Gasteiger partial charge in [0.1, 0.15) is 0 Å². The van der Waals surface area contributed by atoms with E-state index in [1.54, 1.807) is 0 Å². The van der Waals surface area contributed by atoms with E-state index in [-0.39, 0.29) is 6.42 Å². The molecule has 1 aliphatic carbocycles. The summed E-state index contributed by atoms with van der Waals surface area (Å²) < 4.78 is 26.6. The number of piperidine rings is 1. The zero-order valence-electron chi connectivity index (χ0n) is 8.36. The fourth-order valence-electron chi connectivity index (χ4n) is 2.41. The summed E-state index contributed by atoms with van der Waals surface area (Å²) in [6.07, 6.45) is 3.32. The Labute approximate surface area is 83.4 Å². The van der Waals surface area contributed by atoms with E-state index >= 15 is 0 Å². The largest absolute Gasteiger partial charge is 0.317 e. The first-order valence-electron chi connectivity index (χ1n) is 5.53. The molecular formula is C10H18F2N2. The number of hydrogen-bond acceptors (Lipinski definition) is 2. The SMILES string of the molecule is FC1(F)CCCC1NC1CCNCC1. The molecule has 1 heterocycles. The zero-order valence-corrected chi connectivity index (χ0v) is 8.36. The van der Waals surface area contributed by atoms with Gasteiger partial charge in [-0.2, -0.15) is 0 Å². The Morgan fingerprint density at radius 2 is 1.86 bits per heavy atom. The Morgan fingerprint density at radius 1 is 1.14 bits per heavy atom. The topological polar surface area (TPSA) is 24.1 Å². The lowest BCUT2D eigenvalue weighted by atomic mass is 10.0. The van der Waals surface area contributed by atoms with Gasteiger partial charge in [-0.25, -0.2) is 8.78 Å². The van der Waals surface area contributed by atoms with Gasteiger partial charge < -0.3 is 10.6 Å². The second-order valence-electron chi connectivity index (χ2n) is 4.40. The van der Waals surface area contributed by atoms with Gasteiger partial charge in [0, 0.05) is 12.5 Å². The van der Waals surface area contributed by atoms with Crippen molar-refractivity contribution in [3.63, 3.8) is 0 Å². The van der Waals surface area contributed by atoms with Gasteiger partial charge in [-0.05, 0) is 38.8 Å². The molecule has 0 aromatic heterocycles. The zero-order chi connectivity index (χ0) is 10.0. The normalized spacial score (nSPS) is 33.4. The highest BCUT2D eigenvalue weighted by Gasteiger charge is 2.44. The van der Waals surface area contributed by atoms with Gasteiger partial charge >= 0.3 is 0 Å². The number of hydrogen-bond donors (Lipinski definition) is 2. The number of halogens is 2. The molecule has 0 aromatic rings. The second-order valence-corrected chi connectivity index (χ2v) is 4.40. The van der Waals surface area contributed by atoms with Crippen molar-refractivity contribution in [2.75, 3.05) is 13.1 Å². The molecule has 0 radical (unpaired) electrons. The quantitative estimate of drug-likeness (QED) is 0.712. The Hall–Kier alpha value is -0.220. The summed E-state index contributed by atoms with van der Waals surface area (Å²) in [6.45, 7) is 1.91. The summed E-state index contributed by atoms with van der Waals surface area (Å²) >= 11 is 0. The van der Waals surface area contributed by atoms with Crippen molar-refractivity contribution in [3.05, 3.63) is 0 Å². The van der Waals surface area contributed by atoms with Crippen LogP contribution in [0.2, 0.25) is 0 Å². The summed E-state index contributed by atoms with van der Waals surface area (Å²) in [6, 6.07) is -0.268. The molecule has 2 nitrogen and oxygen atoms in total. The molecule has 2 N–H and O–H groups in total. The van der Waals surface area contributed by atoms with Crippen LogP contribution in [0.15, 0.2) is 0 Å². The maximum absolute atomic E-state index is 13.3. The van der Waals surface area contributed by atoms with E-state index in [0.717, 1.165) is 25.9 Å². The van der Waals surface area contributed by atoms with Gasteiger partial charge in [-0.1, -0.05) is 0 Å². The van der Waals surface area contributed by atoms with Crippen molar-refractivity contribution >= 4 is 0 Å². The molecule has 0 aromatic carbocycles. The number of alkyl halides is 2. The predicted molar refractivity (Wildman–Crippen MR) is 51.6 cm³/mol. The van der Waals surface area contributed by atoms with Gasteiger partial charge in [0.15, 0.2) is 0 Å². The lowest BCUT2D eigenvalue weighted by Gasteiger charge is -2.29. The van der Waals surface area contributed by atoms with Gasteiger partial charge in [-0.3, -0.25) is 0 Å². The van der Waals surface area contributed by atoms with E-state index in [9.17, 15) is 8.78 Å². The van der Waals surface area contributed by atoms with Crippen LogP contribution in [0.25, 0.3) is 0 Å². The highest BCUT2D eigenvalue weighted by atomic mass is 19.3. The molecule has 0 spiro atoms. The third kappa shape index (κ3) is 2.23. The van der Waals surface area contributed by atoms with Crippen molar-refractivity contribution in [2.24, 2.45) is 0 Å². The first-order chi connectivity index (χ1) is 6.68. The summed E-state index contributed by atoms with van der Waals surface area (Å²) in [5, 5.41) is 6.35. The third-order valence-corrected chi connectivity index (χ3v) is 3.29. The van der Waals surface area contributed by atoms with Crippen LogP contribution in [0, 0.1) is 0 Å². The molecule has 1 saturated heterocycles. The van der Waals surface area contributed by atoms with Gasteiger partial charge in [0.2, 0.25) is 0 Å². The van der Waals surface area contributed by atoms with Crippen LogP contribution >= 0.6 is 0 Å². The van der Waals surface area contributed by atoms with E-state index in [1.807, 2.05) is 0 Å².